The molecule has 0 fully saturated rings. The van der Waals surface area contributed by atoms with Gasteiger partial charge in [0.15, 0.2) is 5.69 Å². The highest BCUT2D eigenvalue weighted by Gasteiger charge is 2.23. The number of aromatic carboxylic acids is 1. The van der Waals surface area contributed by atoms with Crippen LogP contribution in [0.1, 0.15) is 22.5 Å². The van der Waals surface area contributed by atoms with Crippen LogP contribution in [0, 0.1) is 0 Å². The van der Waals surface area contributed by atoms with Crippen molar-refractivity contribution in [2.24, 2.45) is 0 Å². The Morgan fingerprint density at radius 2 is 2.27 bits per heavy atom. The van der Waals surface area contributed by atoms with Crippen molar-refractivity contribution < 1.29 is 23.4 Å². The minimum Gasteiger partial charge on any atom is -0.481 e. The second-order valence-corrected chi connectivity index (χ2v) is 2.62. The van der Waals surface area contributed by atoms with Crippen molar-refractivity contribution in [1.29, 1.82) is 0 Å². The number of nitrogens with two attached hydrogens (primary N) is 1. The first kappa shape index (κ1) is 11.2. The van der Waals surface area contributed by atoms with Crippen molar-refractivity contribution in [1.82, 2.24) is 4.98 Å². The monoisotopic (exact) mass is 218 g/mol. The van der Waals surface area contributed by atoms with E-state index in [0.29, 0.717) is 0 Å². The number of carboxylic acids is 1. The van der Waals surface area contributed by atoms with Crippen LogP contribution >= 0.6 is 0 Å². The molecule has 1 rings (SSSR count). The van der Waals surface area contributed by atoms with Gasteiger partial charge in [-0.25, -0.2) is 18.6 Å². The Balaban J connectivity index is 3.42. The number of hydrogen-bond acceptors (Lipinski definition) is 4. The van der Waals surface area contributed by atoms with E-state index >= 15 is 0 Å². The van der Waals surface area contributed by atoms with E-state index in [9.17, 15) is 13.6 Å². The van der Waals surface area contributed by atoms with E-state index in [0.717, 1.165) is 6.07 Å². The summed E-state index contributed by atoms with van der Waals surface area (Å²) in [6, 6.07) is 1.05. The molecule has 0 aliphatic carbocycles. The van der Waals surface area contributed by atoms with E-state index in [4.69, 9.17) is 10.8 Å². The molecule has 0 radical (unpaired) electrons. The first-order chi connectivity index (χ1) is 6.97. The van der Waals surface area contributed by atoms with Gasteiger partial charge in [-0.15, -0.1) is 0 Å². The molecule has 0 saturated heterocycles. The highest BCUT2D eigenvalue weighted by atomic mass is 19.3. The molecule has 3 N–H and O–H groups in total. The molecule has 0 bridgehead atoms. The van der Waals surface area contributed by atoms with Crippen LogP contribution in [0.25, 0.3) is 0 Å². The van der Waals surface area contributed by atoms with E-state index in [-0.39, 0.29) is 11.6 Å². The molecule has 0 aliphatic heterocycles. The summed E-state index contributed by atoms with van der Waals surface area (Å²) in [7, 11) is 1.23. The van der Waals surface area contributed by atoms with Gasteiger partial charge in [0.1, 0.15) is 0 Å². The normalized spacial score (nSPS) is 10.4. The molecule has 0 aromatic carbocycles. The maximum absolute atomic E-state index is 12.5. The number of nitrogens with zero attached hydrogens (tertiary/aromatic N) is 1. The molecule has 82 valence electrons. The third-order valence-electron chi connectivity index (χ3n) is 1.70. The lowest BCUT2D eigenvalue weighted by atomic mass is 10.1. The minimum atomic E-state index is -2.99. The summed E-state index contributed by atoms with van der Waals surface area (Å²) in [6.07, 6.45) is -2.99. The van der Waals surface area contributed by atoms with Crippen LogP contribution in [0.3, 0.4) is 0 Å². The van der Waals surface area contributed by atoms with Crippen LogP contribution in [0.15, 0.2) is 6.07 Å². The molecule has 0 spiro atoms. The molecule has 1 aromatic rings. The molecule has 0 unspecified atom stereocenters. The number of methoxy groups -OCH3 is 1. The average molecular weight is 218 g/mol. The van der Waals surface area contributed by atoms with Crippen molar-refractivity contribution in [3.05, 3.63) is 17.3 Å². The fourth-order valence-electron chi connectivity index (χ4n) is 1.05. The molecular weight excluding hydrogens is 210 g/mol. The Labute approximate surface area is 83.5 Å². The SMILES string of the molecule is COc1cc(N)c(C(F)F)c(C(=O)O)n1. The lowest BCUT2D eigenvalue weighted by molar-refractivity contribution is 0.0676. The number of anilines is 1. The Morgan fingerprint density at radius 3 is 2.67 bits per heavy atom. The Hall–Kier alpha value is -1.92. The van der Waals surface area contributed by atoms with Crippen LogP contribution in [-0.2, 0) is 0 Å². The highest BCUT2D eigenvalue weighted by molar-refractivity contribution is 5.89. The molecular formula is C8H8F2N2O3. The van der Waals surface area contributed by atoms with E-state index in [1.54, 1.807) is 0 Å². The molecule has 1 heterocycles. The predicted octanol–water partition coefficient (Wildman–Crippen LogP) is 1.31. The van der Waals surface area contributed by atoms with E-state index in [2.05, 4.69) is 9.72 Å². The summed E-state index contributed by atoms with van der Waals surface area (Å²) in [5.74, 6) is -1.69. The zero-order valence-electron chi connectivity index (χ0n) is 7.70. The lowest BCUT2D eigenvalue weighted by Crippen LogP contribution is -2.10. The predicted molar refractivity (Wildman–Crippen MR) is 47.1 cm³/mol. The molecule has 15 heavy (non-hydrogen) atoms. The topological polar surface area (TPSA) is 85.4 Å². The second-order valence-electron chi connectivity index (χ2n) is 2.62. The number of hydrogen-bond donors (Lipinski definition) is 2. The van der Waals surface area contributed by atoms with Crippen molar-refractivity contribution in [2.75, 3.05) is 12.8 Å². The number of rotatable bonds is 3. The van der Waals surface area contributed by atoms with Crippen molar-refractivity contribution in [3.63, 3.8) is 0 Å². The second kappa shape index (κ2) is 4.07. The Morgan fingerprint density at radius 1 is 1.67 bits per heavy atom. The van der Waals surface area contributed by atoms with Crippen LogP contribution in [0.5, 0.6) is 5.88 Å². The maximum atomic E-state index is 12.5. The number of carboxylic acid groups (broad SMARTS) is 1. The molecule has 0 saturated carbocycles. The maximum Gasteiger partial charge on any atom is 0.355 e. The van der Waals surface area contributed by atoms with Gasteiger partial charge in [0.25, 0.3) is 6.43 Å². The Kier molecular flexibility index (Phi) is 3.03. The van der Waals surface area contributed by atoms with E-state index in [1.165, 1.54) is 7.11 Å². The van der Waals surface area contributed by atoms with Crippen molar-refractivity contribution in [3.8, 4) is 5.88 Å². The number of carbonyl (C=O) groups is 1. The van der Waals surface area contributed by atoms with Crippen molar-refractivity contribution in [2.45, 2.75) is 6.43 Å². The summed E-state index contributed by atoms with van der Waals surface area (Å²) >= 11 is 0. The zero-order chi connectivity index (χ0) is 11.6. The summed E-state index contributed by atoms with van der Waals surface area (Å²) < 4.78 is 29.5. The number of halogens is 2. The van der Waals surface area contributed by atoms with Gasteiger partial charge >= 0.3 is 5.97 Å². The summed E-state index contributed by atoms with van der Waals surface area (Å²) in [5, 5.41) is 8.65. The van der Waals surface area contributed by atoms with Gasteiger partial charge in [-0.3, -0.25) is 0 Å². The average Bonchev–Trinajstić information content (AvgIpc) is 2.15. The molecule has 1 aromatic heterocycles. The van der Waals surface area contributed by atoms with Gasteiger partial charge in [0.05, 0.1) is 12.7 Å². The van der Waals surface area contributed by atoms with Gasteiger partial charge < -0.3 is 15.6 Å². The van der Waals surface area contributed by atoms with Crippen LogP contribution in [-0.4, -0.2) is 23.2 Å². The minimum absolute atomic E-state index is 0.116. The van der Waals surface area contributed by atoms with E-state index < -0.39 is 23.7 Å². The first-order valence-corrected chi connectivity index (χ1v) is 3.83. The molecule has 0 amide bonds. The zero-order valence-corrected chi connectivity index (χ0v) is 7.70. The van der Waals surface area contributed by atoms with Gasteiger partial charge in [0, 0.05) is 11.8 Å². The quantitative estimate of drug-likeness (QED) is 0.798. The fourth-order valence-corrected chi connectivity index (χ4v) is 1.05. The fraction of sp³-hybridized carbons (Fsp3) is 0.250. The lowest BCUT2D eigenvalue weighted by Gasteiger charge is -2.09. The van der Waals surface area contributed by atoms with Gasteiger partial charge in [-0.2, -0.15) is 0 Å². The molecule has 0 aliphatic rings. The molecule has 0 atom stereocenters. The van der Waals surface area contributed by atoms with Crippen LogP contribution in [0.2, 0.25) is 0 Å². The van der Waals surface area contributed by atoms with Crippen LogP contribution in [0.4, 0.5) is 14.5 Å². The number of nitrogen functional groups attached to an aromatic ring is 1. The standard InChI is InChI=1S/C8H8F2N2O3/c1-15-4-2-3(11)5(7(9)10)6(12-4)8(13)14/h2,7H,1H3,(H2,11,12)(H,13,14). The number of alkyl halides is 2. The van der Waals surface area contributed by atoms with Gasteiger partial charge in [-0.05, 0) is 0 Å². The van der Waals surface area contributed by atoms with Gasteiger partial charge in [0.2, 0.25) is 5.88 Å². The third-order valence-corrected chi connectivity index (χ3v) is 1.70. The van der Waals surface area contributed by atoms with E-state index in [1.807, 2.05) is 0 Å². The Bertz CT molecular complexity index is 396. The smallest absolute Gasteiger partial charge is 0.355 e. The third kappa shape index (κ3) is 2.12. The van der Waals surface area contributed by atoms with Crippen molar-refractivity contribution >= 4 is 11.7 Å². The van der Waals surface area contributed by atoms with Gasteiger partial charge in [-0.1, -0.05) is 0 Å². The number of aromatic nitrogens is 1. The number of ether oxygens (including phenoxy) is 1. The summed E-state index contributed by atoms with van der Waals surface area (Å²) in [5.41, 5.74) is 3.34. The highest BCUT2D eigenvalue weighted by Crippen LogP contribution is 2.30. The van der Waals surface area contributed by atoms with Crippen LogP contribution < -0.4 is 10.5 Å². The number of pyridine rings is 1. The summed E-state index contributed by atoms with van der Waals surface area (Å²) in [6.45, 7) is 0. The first-order valence-electron chi connectivity index (χ1n) is 3.83. The molecule has 7 heteroatoms. The molecule has 5 nitrogen and oxygen atoms in total. The largest absolute Gasteiger partial charge is 0.481 e. The summed E-state index contributed by atoms with van der Waals surface area (Å²) in [4.78, 5) is 14.0.